The highest BCUT2D eigenvalue weighted by Crippen LogP contribution is 2.46. The lowest BCUT2D eigenvalue weighted by atomic mass is 9.97. The molecular formula is C13H5Cl3F3NO2. The Kier molecular flexibility index (Phi) is 4.56. The molecule has 0 aliphatic rings. The van der Waals surface area contributed by atoms with Crippen LogP contribution in [-0.2, 0) is 6.18 Å². The minimum Gasteiger partial charge on any atom is -0.258 e. The fourth-order valence-electron chi connectivity index (χ4n) is 1.97. The minimum absolute atomic E-state index is 0.0520. The van der Waals surface area contributed by atoms with Crippen LogP contribution >= 0.6 is 34.8 Å². The molecule has 0 saturated carbocycles. The Bertz CT molecular complexity index is 763. The molecule has 22 heavy (non-hydrogen) atoms. The molecule has 0 aliphatic heterocycles. The SMILES string of the molecule is O=[N+]([O-])c1cccc(-c2cc(Cl)cc(Cl)c2Cl)c1C(F)(F)F. The van der Waals surface area contributed by atoms with E-state index in [2.05, 4.69) is 0 Å². The standard InChI is InChI=1S/C13H5Cl3F3NO2/c14-6-4-8(12(16)9(15)5-6)7-2-1-3-10(20(21)22)11(7)13(17,18)19/h1-5H. The Labute approximate surface area is 137 Å². The third-order valence-electron chi connectivity index (χ3n) is 2.81. The Morgan fingerprint density at radius 3 is 2.23 bits per heavy atom. The summed E-state index contributed by atoms with van der Waals surface area (Å²) in [5.41, 5.74) is -3.07. The van der Waals surface area contributed by atoms with Gasteiger partial charge in [-0.2, -0.15) is 13.2 Å². The van der Waals surface area contributed by atoms with Crippen molar-refractivity contribution in [2.75, 3.05) is 0 Å². The van der Waals surface area contributed by atoms with Crippen LogP contribution in [0.3, 0.4) is 0 Å². The zero-order chi connectivity index (χ0) is 16.7. The number of benzene rings is 2. The summed E-state index contributed by atoms with van der Waals surface area (Å²) >= 11 is 17.5. The van der Waals surface area contributed by atoms with Crippen LogP contribution in [-0.4, -0.2) is 4.92 Å². The van der Waals surface area contributed by atoms with Crippen LogP contribution in [0.25, 0.3) is 11.1 Å². The van der Waals surface area contributed by atoms with Crippen molar-refractivity contribution in [3.8, 4) is 11.1 Å². The lowest BCUT2D eigenvalue weighted by Crippen LogP contribution is -2.11. The molecule has 0 aromatic heterocycles. The summed E-state index contributed by atoms with van der Waals surface area (Å²) in [6.45, 7) is 0. The predicted octanol–water partition coefficient (Wildman–Crippen LogP) is 6.24. The Morgan fingerprint density at radius 2 is 1.68 bits per heavy atom. The fraction of sp³-hybridized carbons (Fsp3) is 0.0769. The van der Waals surface area contributed by atoms with Gasteiger partial charge in [-0.15, -0.1) is 0 Å². The zero-order valence-electron chi connectivity index (χ0n) is 10.4. The largest absolute Gasteiger partial charge is 0.423 e. The summed E-state index contributed by atoms with van der Waals surface area (Å²) in [7, 11) is 0. The van der Waals surface area contributed by atoms with E-state index in [-0.39, 0.29) is 20.6 Å². The van der Waals surface area contributed by atoms with Crippen molar-refractivity contribution in [1.29, 1.82) is 0 Å². The molecule has 3 nitrogen and oxygen atoms in total. The van der Waals surface area contributed by atoms with Crippen molar-refractivity contribution in [2.24, 2.45) is 0 Å². The van der Waals surface area contributed by atoms with Gasteiger partial charge in [-0.05, 0) is 12.1 Å². The Morgan fingerprint density at radius 1 is 1.05 bits per heavy atom. The first kappa shape index (κ1) is 16.9. The van der Waals surface area contributed by atoms with Gasteiger partial charge in [0.25, 0.3) is 5.69 Å². The van der Waals surface area contributed by atoms with Crippen LogP contribution in [0.5, 0.6) is 0 Å². The van der Waals surface area contributed by atoms with Crippen LogP contribution in [0, 0.1) is 10.1 Å². The highest BCUT2D eigenvalue weighted by molar-refractivity contribution is 6.45. The molecule has 0 fully saturated rings. The molecule has 9 heteroatoms. The number of halogens is 6. The Balaban J connectivity index is 2.88. The molecule has 0 aliphatic carbocycles. The minimum atomic E-state index is -4.95. The predicted molar refractivity (Wildman–Crippen MR) is 78.6 cm³/mol. The van der Waals surface area contributed by atoms with E-state index >= 15 is 0 Å². The number of nitro benzene ring substituents is 1. The molecule has 0 saturated heterocycles. The second kappa shape index (κ2) is 5.95. The normalized spacial score (nSPS) is 11.5. The summed E-state index contributed by atoms with van der Waals surface area (Å²) in [6.07, 6.45) is -4.95. The van der Waals surface area contributed by atoms with Crippen molar-refractivity contribution < 1.29 is 18.1 Å². The van der Waals surface area contributed by atoms with E-state index in [9.17, 15) is 23.3 Å². The summed E-state index contributed by atoms with van der Waals surface area (Å²) in [4.78, 5) is 9.79. The number of hydrogen-bond donors (Lipinski definition) is 0. The van der Waals surface area contributed by atoms with Crippen LogP contribution in [0.15, 0.2) is 30.3 Å². The molecule has 0 spiro atoms. The highest BCUT2D eigenvalue weighted by Gasteiger charge is 2.41. The third kappa shape index (κ3) is 3.14. The molecular weight excluding hydrogens is 366 g/mol. The number of nitro groups is 1. The first-order chi connectivity index (χ1) is 10.1. The second-order valence-corrected chi connectivity index (χ2v) is 5.43. The zero-order valence-corrected chi connectivity index (χ0v) is 12.7. The lowest BCUT2D eigenvalue weighted by molar-refractivity contribution is -0.388. The average Bonchev–Trinajstić information content (AvgIpc) is 2.41. The topological polar surface area (TPSA) is 43.1 Å². The number of hydrogen-bond acceptors (Lipinski definition) is 2. The van der Waals surface area contributed by atoms with E-state index < -0.39 is 27.9 Å². The van der Waals surface area contributed by atoms with E-state index in [1.165, 1.54) is 12.1 Å². The van der Waals surface area contributed by atoms with Crippen molar-refractivity contribution in [3.05, 3.63) is 61.1 Å². The summed E-state index contributed by atoms with van der Waals surface area (Å²) < 4.78 is 39.8. The van der Waals surface area contributed by atoms with Gasteiger partial charge in [0, 0.05) is 22.2 Å². The molecule has 0 unspecified atom stereocenters. The first-order valence-corrected chi connectivity index (χ1v) is 6.76. The van der Waals surface area contributed by atoms with Gasteiger partial charge in [0.15, 0.2) is 0 Å². The molecule has 2 rings (SSSR count). The van der Waals surface area contributed by atoms with Crippen LogP contribution in [0.1, 0.15) is 5.56 Å². The monoisotopic (exact) mass is 369 g/mol. The van der Waals surface area contributed by atoms with Crippen molar-refractivity contribution in [1.82, 2.24) is 0 Å². The summed E-state index contributed by atoms with van der Waals surface area (Å²) in [5, 5.41) is 10.7. The molecule has 0 heterocycles. The maximum Gasteiger partial charge on any atom is 0.423 e. The van der Waals surface area contributed by atoms with E-state index in [0.29, 0.717) is 0 Å². The maximum absolute atomic E-state index is 13.3. The van der Waals surface area contributed by atoms with Crippen LogP contribution < -0.4 is 0 Å². The Hall–Kier alpha value is -1.50. The average molecular weight is 371 g/mol. The van der Waals surface area contributed by atoms with Crippen molar-refractivity contribution in [2.45, 2.75) is 6.18 Å². The third-order valence-corrected chi connectivity index (χ3v) is 3.83. The molecule has 0 N–H and O–H groups in total. The van der Waals surface area contributed by atoms with E-state index in [4.69, 9.17) is 34.8 Å². The summed E-state index contributed by atoms with van der Waals surface area (Å²) in [5.74, 6) is 0. The van der Waals surface area contributed by atoms with Crippen molar-refractivity contribution >= 4 is 40.5 Å². The lowest BCUT2D eigenvalue weighted by Gasteiger charge is -2.15. The molecule has 116 valence electrons. The highest BCUT2D eigenvalue weighted by atomic mass is 35.5. The molecule has 0 amide bonds. The second-order valence-electron chi connectivity index (χ2n) is 4.20. The van der Waals surface area contributed by atoms with Gasteiger partial charge in [0.2, 0.25) is 0 Å². The van der Waals surface area contributed by atoms with Gasteiger partial charge in [-0.3, -0.25) is 10.1 Å². The van der Waals surface area contributed by atoms with E-state index in [1.807, 2.05) is 0 Å². The van der Waals surface area contributed by atoms with Gasteiger partial charge in [-0.1, -0.05) is 46.9 Å². The summed E-state index contributed by atoms with van der Waals surface area (Å²) in [6, 6.07) is 5.41. The van der Waals surface area contributed by atoms with Crippen LogP contribution in [0.4, 0.5) is 18.9 Å². The molecule has 0 radical (unpaired) electrons. The first-order valence-electron chi connectivity index (χ1n) is 5.62. The molecule has 0 atom stereocenters. The van der Waals surface area contributed by atoms with E-state index in [0.717, 1.165) is 18.2 Å². The number of alkyl halides is 3. The van der Waals surface area contributed by atoms with Gasteiger partial charge >= 0.3 is 6.18 Å². The van der Waals surface area contributed by atoms with Gasteiger partial charge in [0.05, 0.1) is 15.0 Å². The smallest absolute Gasteiger partial charge is 0.258 e. The van der Waals surface area contributed by atoms with Crippen LogP contribution in [0.2, 0.25) is 15.1 Å². The number of rotatable bonds is 2. The quantitative estimate of drug-likeness (QED) is 0.357. The number of nitrogens with zero attached hydrogens (tertiary/aromatic N) is 1. The van der Waals surface area contributed by atoms with Gasteiger partial charge < -0.3 is 0 Å². The molecule has 2 aromatic carbocycles. The maximum atomic E-state index is 13.3. The molecule has 0 bridgehead atoms. The van der Waals surface area contributed by atoms with E-state index in [1.54, 1.807) is 0 Å². The van der Waals surface area contributed by atoms with Crippen molar-refractivity contribution in [3.63, 3.8) is 0 Å². The van der Waals surface area contributed by atoms with Gasteiger partial charge in [-0.25, -0.2) is 0 Å². The fourth-order valence-corrected chi connectivity index (χ4v) is 2.67. The van der Waals surface area contributed by atoms with Gasteiger partial charge in [0.1, 0.15) is 5.56 Å². The molecule has 2 aromatic rings.